The van der Waals surface area contributed by atoms with E-state index in [9.17, 15) is 9.59 Å². The van der Waals surface area contributed by atoms with E-state index in [-0.39, 0.29) is 39.9 Å². The van der Waals surface area contributed by atoms with Crippen molar-refractivity contribution in [3.63, 3.8) is 0 Å². The second kappa shape index (κ2) is 18.9. The van der Waals surface area contributed by atoms with Crippen LogP contribution in [-0.4, -0.2) is 72.9 Å². The van der Waals surface area contributed by atoms with Crippen LogP contribution in [0.3, 0.4) is 0 Å². The molecule has 0 amide bonds. The zero-order valence-corrected chi connectivity index (χ0v) is 16.5. The molecule has 1 radical (unpaired) electrons. The van der Waals surface area contributed by atoms with Gasteiger partial charge in [-0.2, -0.15) is 0 Å². The maximum Gasteiger partial charge on any atom is 2.00 e. The van der Waals surface area contributed by atoms with Crippen molar-refractivity contribution in [3.8, 4) is 0 Å². The van der Waals surface area contributed by atoms with Gasteiger partial charge >= 0.3 is 16.8 Å². The Morgan fingerprint density at radius 3 is 1.00 bits per heavy atom. The van der Waals surface area contributed by atoms with Crippen LogP contribution in [0.2, 0.25) is 0 Å². The number of aliphatic hydroxyl groups is 2. The quantitative estimate of drug-likeness (QED) is 0.566. The first-order valence-corrected chi connectivity index (χ1v) is 6.93. The summed E-state index contributed by atoms with van der Waals surface area (Å²) in [4.78, 5) is 24.4. The first kappa shape index (κ1) is 29.8. The molecule has 0 saturated carbocycles. The van der Waals surface area contributed by atoms with Crippen molar-refractivity contribution in [3.05, 3.63) is 23.7 Å². The molecule has 6 nitrogen and oxygen atoms in total. The number of nitrogens with zero attached hydrogens (tertiary/aromatic N) is 2. The largest absolute Gasteiger partial charge is 2.00 e. The summed E-state index contributed by atoms with van der Waals surface area (Å²) in [5.41, 5.74) is 0. The van der Waals surface area contributed by atoms with Gasteiger partial charge in [0.25, 0.3) is 0 Å². The summed E-state index contributed by atoms with van der Waals surface area (Å²) in [6.45, 7) is 7.99. The summed E-state index contributed by atoms with van der Waals surface area (Å²) in [6, 6.07) is 0. The molecular formula is C16H32CoN2O4+2. The van der Waals surface area contributed by atoms with E-state index in [0.717, 1.165) is 13.1 Å². The molecule has 0 aromatic carbocycles. The summed E-state index contributed by atoms with van der Waals surface area (Å²) >= 11 is 0. The number of aliphatic hydroxyl groups excluding tert-OH is 2. The predicted octanol–water partition coefficient (Wildman–Crippen LogP) is 2.18. The fourth-order valence-electron chi connectivity index (χ4n) is 0.988. The molecule has 137 valence electrons. The Balaban J connectivity index is -0.000000116. The Morgan fingerprint density at radius 2 is 0.957 bits per heavy atom. The second-order valence-electron chi connectivity index (χ2n) is 5.40. The average molecular weight is 375 g/mol. The van der Waals surface area contributed by atoms with Gasteiger partial charge in [-0.1, -0.05) is 0 Å². The molecule has 0 aromatic heterocycles. The molecule has 7 heteroatoms. The Morgan fingerprint density at radius 1 is 0.739 bits per heavy atom. The summed E-state index contributed by atoms with van der Waals surface area (Å²) in [6.07, 6.45) is 2.33. The Hall–Kier alpha value is -1.15. The Bertz CT molecular complexity index is 334. The van der Waals surface area contributed by atoms with Gasteiger partial charge in [-0.15, -0.1) is 0 Å². The fraction of sp³-hybridized carbons (Fsp3) is 0.625. The monoisotopic (exact) mass is 375 g/mol. The van der Waals surface area contributed by atoms with E-state index >= 15 is 0 Å². The molecule has 0 aromatic rings. The van der Waals surface area contributed by atoms with E-state index in [1.165, 1.54) is 39.8 Å². The third kappa shape index (κ3) is 52.8. The molecule has 23 heavy (non-hydrogen) atoms. The van der Waals surface area contributed by atoms with Gasteiger partial charge in [0, 0.05) is 25.2 Å². The van der Waals surface area contributed by atoms with Crippen molar-refractivity contribution in [1.29, 1.82) is 0 Å². The van der Waals surface area contributed by atoms with Gasteiger partial charge in [0.1, 0.15) is 0 Å². The molecule has 0 aliphatic heterocycles. The molecule has 0 bridgehead atoms. The van der Waals surface area contributed by atoms with Crippen molar-refractivity contribution < 1.29 is 36.6 Å². The minimum absolute atomic E-state index is 0. The van der Waals surface area contributed by atoms with Crippen LogP contribution in [0.15, 0.2) is 23.7 Å². The van der Waals surface area contributed by atoms with Gasteiger partial charge in [0.15, 0.2) is 11.6 Å². The maximum absolute atomic E-state index is 10.0. The molecule has 0 saturated heterocycles. The summed E-state index contributed by atoms with van der Waals surface area (Å²) in [5, 5.41) is 16.7. The summed E-state index contributed by atoms with van der Waals surface area (Å²) in [5.74, 6) is -0.125. The minimum atomic E-state index is -0.125. The first-order valence-electron chi connectivity index (χ1n) is 6.93. The minimum Gasteiger partial charge on any atom is -0.512 e. The zero-order valence-electron chi connectivity index (χ0n) is 15.5. The van der Waals surface area contributed by atoms with Gasteiger partial charge in [-0.3, -0.25) is 9.59 Å². The maximum atomic E-state index is 10.0. The molecule has 0 fully saturated rings. The normalized spacial score (nSPS) is 10.9. The van der Waals surface area contributed by atoms with E-state index in [2.05, 4.69) is 38.0 Å². The van der Waals surface area contributed by atoms with E-state index in [1.807, 2.05) is 0 Å². The van der Waals surface area contributed by atoms with Gasteiger partial charge in [-0.05, 0) is 55.9 Å². The van der Waals surface area contributed by atoms with Crippen molar-refractivity contribution >= 4 is 11.6 Å². The molecule has 0 spiro atoms. The number of rotatable bonds is 5. The summed E-state index contributed by atoms with van der Waals surface area (Å²) < 4.78 is 0. The molecule has 0 aliphatic rings. The smallest absolute Gasteiger partial charge is 0.512 e. The third-order valence-electron chi connectivity index (χ3n) is 1.82. The van der Waals surface area contributed by atoms with E-state index < -0.39 is 0 Å². The number of carbonyl (C=O) groups is 2. The van der Waals surface area contributed by atoms with E-state index in [4.69, 9.17) is 10.2 Å². The van der Waals surface area contributed by atoms with Gasteiger partial charge in [0.05, 0.1) is 11.5 Å². The number of hydrogen-bond acceptors (Lipinski definition) is 6. The molecule has 2 N–H and O–H groups in total. The van der Waals surface area contributed by atoms with Crippen LogP contribution >= 0.6 is 0 Å². The van der Waals surface area contributed by atoms with Crippen LogP contribution in [0, 0.1) is 0 Å². The van der Waals surface area contributed by atoms with Crippen LogP contribution in [0.25, 0.3) is 0 Å². The second-order valence-corrected chi connectivity index (χ2v) is 5.40. The number of ketones is 2. The van der Waals surface area contributed by atoms with Crippen molar-refractivity contribution in [2.45, 2.75) is 27.7 Å². The Labute approximate surface area is 151 Å². The Kier molecular flexibility index (Phi) is 24.5. The molecule has 0 unspecified atom stereocenters. The van der Waals surface area contributed by atoms with Gasteiger partial charge in [0.2, 0.25) is 0 Å². The summed E-state index contributed by atoms with van der Waals surface area (Å²) in [7, 11) is 8.35. The fourth-order valence-corrected chi connectivity index (χ4v) is 0.988. The van der Waals surface area contributed by atoms with Crippen molar-refractivity contribution in [1.82, 2.24) is 9.80 Å². The molecular weight excluding hydrogens is 343 g/mol. The first-order chi connectivity index (χ1) is 9.88. The molecule has 0 heterocycles. The van der Waals surface area contributed by atoms with Crippen molar-refractivity contribution in [2.75, 3.05) is 41.3 Å². The van der Waals surface area contributed by atoms with Crippen LogP contribution < -0.4 is 0 Å². The van der Waals surface area contributed by atoms with Crippen LogP contribution in [0.5, 0.6) is 0 Å². The van der Waals surface area contributed by atoms with Gasteiger partial charge in [-0.25, -0.2) is 0 Å². The van der Waals surface area contributed by atoms with E-state index in [1.54, 1.807) is 0 Å². The zero-order chi connectivity index (χ0) is 18.3. The van der Waals surface area contributed by atoms with Crippen LogP contribution in [0.4, 0.5) is 0 Å². The number of likely N-dealkylation sites (N-methyl/N-ethyl adjacent to an activating group) is 2. The SMILES string of the molecule is CC(=O)/C=C(/C)O.CC(=O)/C=C(/C)O.CN(C)CCN(C)C.[Co+2]. The molecule has 0 aliphatic carbocycles. The molecule has 0 atom stereocenters. The number of carbonyl (C=O) groups excluding carboxylic acids is 2. The predicted molar refractivity (Wildman–Crippen MR) is 91.2 cm³/mol. The van der Waals surface area contributed by atoms with Crippen LogP contribution in [-0.2, 0) is 26.4 Å². The van der Waals surface area contributed by atoms with Crippen molar-refractivity contribution in [2.24, 2.45) is 0 Å². The average Bonchev–Trinajstić information content (AvgIpc) is 2.23. The van der Waals surface area contributed by atoms with E-state index in [0.29, 0.717) is 0 Å². The number of hydrogen-bond donors (Lipinski definition) is 2. The van der Waals surface area contributed by atoms with Gasteiger partial charge < -0.3 is 20.0 Å². The topological polar surface area (TPSA) is 81.1 Å². The molecule has 0 rings (SSSR count). The number of allylic oxidation sites excluding steroid dienone is 4. The van der Waals surface area contributed by atoms with Crippen LogP contribution in [0.1, 0.15) is 27.7 Å². The third-order valence-corrected chi connectivity index (χ3v) is 1.82. The standard InChI is InChI=1S/C6H16N2.2C5H8O2.Co/c1-7(2)5-6-8(3)4;2*1-4(6)3-5(2)7;/h5-6H2,1-4H3;2*3,6H,1-2H3;/q;;;+2/b;2*4-3-;.